The van der Waals surface area contributed by atoms with E-state index in [1.165, 1.54) is 12.8 Å². The summed E-state index contributed by atoms with van der Waals surface area (Å²) in [7, 11) is 0. The van der Waals surface area contributed by atoms with Crippen molar-refractivity contribution in [2.75, 3.05) is 0 Å². The number of rotatable bonds is 3. The molecule has 1 aromatic heterocycles. The number of carbonyl (C=O) groups is 1. The minimum Gasteiger partial charge on any atom is -0.274 e. The van der Waals surface area contributed by atoms with Crippen molar-refractivity contribution in [1.29, 1.82) is 0 Å². The maximum atomic E-state index is 11.4. The van der Waals surface area contributed by atoms with Crippen LogP contribution in [0.1, 0.15) is 34.3 Å². The van der Waals surface area contributed by atoms with Gasteiger partial charge in [-0.2, -0.15) is 0 Å². The van der Waals surface area contributed by atoms with Gasteiger partial charge >= 0.3 is 0 Å². The Hall–Kier alpha value is -1.19. The number of hydrogen-bond donors (Lipinski definition) is 0. The molecule has 0 radical (unpaired) electrons. The van der Waals surface area contributed by atoms with Gasteiger partial charge in [0.05, 0.1) is 9.88 Å². The summed E-state index contributed by atoms with van der Waals surface area (Å²) >= 11 is 7.20. The highest BCUT2D eigenvalue weighted by Gasteiger charge is 2.29. The monoisotopic (exact) mass is 263 g/mol. The number of nitrogens with zero attached hydrogens (tertiary/aromatic N) is 1. The summed E-state index contributed by atoms with van der Waals surface area (Å²) in [5, 5.41) is 0.583. The molecule has 1 aliphatic carbocycles. The van der Waals surface area contributed by atoms with Crippen molar-refractivity contribution in [2.45, 2.75) is 18.8 Å². The van der Waals surface area contributed by atoms with Crippen LogP contribution in [0.25, 0.3) is 10.4 Å². The van der Waals surface area contributed by atoms with Crippen LogP contribution in [0.4, 0.5) is 0 Å². The standard InChI is InChI=1S/C13H10ClNOS/c14-12(16)10-11(8-4-2-1-3-5-8)17-13(15-10)9-6-7-9/h1-5,9H,6-7H2. The SMILES string of the molecule is O=C(Cl)c1nc(C2CC2)sc1-c1ccccc1. The second kappa shape index (κ2) is 4.24. The molecule has 0 spiro atoms. The van der Waals surface area contributed by atoms with E-state index >= 15 is 0 Å². The molecule has 2 nitrogen and oxygen atoms in total. The molecule has 0 saturated heterocycles. The number of hydrogen-bond acceptors (Lipinski definition) is 3. The average molecular weight is 264 g/mol. The molecule has 2 aromatic rings. The Morgan fingerprint density at radius 3 is 2.59 bits per heavy atom. The van der Waals surface area contributed by atoms with Crippen molar-refractivity contribution in [3.63, 3.8) is 0 Å². The fraction of sp³-hybridized carbons (Fsp3) is 0.231. The van der Waals surface area contributed by atoms with Crippen LogP contribution in [0.15, 0.2) is 30.3 Å². The number of benzene rings is 1. The molecule has 0 atom stereocenters. The first-order valence-corrected chi connectivity index (χ1v) is 6.71. The van der Waals surface area contributed by atoms with Gasteiger partial charge in [0, 0.05) is 5.92 Å². The van der Waals surface area contributed by atoms with Crippen molar-refractivity contribution >= 4 is 28.2 Å². The zero-order chi connectivity index (χ0) is 11.8. The lowest BCUT2D eigenvalue weighted by atomic mass is 10.2. The number of carbonyl (C=O) groups excluding carboxylic acids is 1. The Morgan fingerprint density at radius 2 is 2.00 bits per heavy atom. The van der Waals surface area contributed by atoms with Crippen LogP contribution < -0.4 is 0 Å². The summed E-state index contributed by atoms with van der Waals surface area (Å²) in [4.78, 5) is 16.7. The van der Waals surface area contributed by atoms with Gasteiger partial charge < -0.3 is 0 Å². The number of thiazole rings is 1. The Labute approximate surface area is 108 Å². The maximum absolute atomic E-state index is 11.4. The second-order valence-corrected chi connectivity index (χ2v) is 5.52. The van der Waals surface area contributed by atoms with E-state index in [-0.39, 0.29) is 0 Å². The van der Waals surface area contributed by atoms with Crippen LogP contribution in [0.3, 0.4) is 0 Å². The van der Waals surface area contributed by atoms with Gasteiger partial charge in [0.1, 0.15) is 5.69 Å². The minimum atomic E-state index is -0.466. The van der Waals surface area contributed by atoms with Crippen LogP contribution in [0.2, 0.25) is 0 Å². The molecule has 1 aromatic carbocycles. The summed E-state index contributed by atoms with van der Waals surface area (Å²) in [5.74, 6) is 0.548. The molecular weight excluding hydrogens is 254 g/mol. The minimum absolute atomic E-state index is 0.407. The lowest BCUT2D eigenvalue weighted by Gasteiger charge is -1.97. The summed E-state index contributed by atoms with van der Waals surface area (Å²) < 4.78 is 0. The molecule has 0 N–H and O–H groups in total. The smallest absolute Gasteiger partial charge is 0.272 e. The molecule has 4 heteroatoms. The van der Waals surface area contributed by atoms with Gasteiger partial charge in [0.2, 0.25) is 0 Å². The fourth-order valence-corrected chi connectivity index (χ4v) is 3.19. The van der Waals surface area contributed by atoms with Crippen molar-refractivity contribution in [1.82, 2.24) is 4.98 Å². The van der Waals surface area contributed by atoms with Gasteiger partial charge in [0.25, 0.3) is 5.24 Å². The Kier molecular flexibility index (Phi) is 2.73. The van der Waals surface area contributed by atoms with Crippen LogP contribution >= 0.6 is 22.9 Å². The van der Waals surface area contributed by atoms with E-state index in [4.69, 9.17) is 11.6 Å². The van der Waals surface area contributed by atoms with Crippen LogP contribution in [0.5, 0.6) is 0 Å². The quantitative estimate of drug-likeness (QED) is 0.782. The second-order valence-electron chi connectivity index (χ2n) is 4.14. The van der Waals surface area contributed by atoms with E-state index in [0.717, 1.165) is 15.4 Å². The van der Waals surface area contributed by atoms with E-state index in [0.29, 0.717) is 11.6 Å². The highest BCUT2D eigenvalue weighted by molar-refractivity contribution is 7.15. The molecule has 0 unspecified atom stereocenters. The lowest BCUT2D eigenvalue weighted by molar-refractivity contribution is 0.107. The van der Waals surface area contributed by atoms with E-state index < -0.39 is 5.24 Å². The topological polar surface area (TPSA) is 30.0 Å². The van der Waals surface area contributed by atoms with Crippen LogP contribution in [0, 0.1) is 0 Å². The largest absolute Gasteiger partial charge is 0.274 e. The van der Waals surface area contributed by atoms with Gasteiger partial charge in [-0.1, -0.05) is 30.3 Å². The molecule has 1 heterocycles. The highest BCUT2D eigenvalue weighted by atomic mass is 35.5. The molecule has 0 bridgehead atoms. The molecule has 17 heavy (non-hydrogen) atoms. The fourth-order valence-electron chi connectivity index (χ4n) is 1.76. The molecule has 86 valence electrons. The predicted octanol–water partition coefficient (Wildman–Crippen LogP) is 4.07. The van der Waals surface area contributed by atoms with Crippen LogP contribution in [-0.4, -0.2) is 10.2 Å². The Morgan fingerprint density at radius 1 is 1.29 bits per heavy atom. The third-order valence-corrected chi connectivity index (χ3v) is 4.24. The van der Waals surface area contributed by atoms with Crippen LogP contribution in [-0.2, 0) is 0 Å². The van der Waals surface area contributed by atoms with E-state index in [2.05, 4.69) is 4.98 Å². The molecular formula is C13H10ClNOS. The zero-order valence-electron chi connectivity index (χ0n) is 9.02. The van der Waals surface area contributed by atoms with E-state index in [9.17, 15) is 4.79 Å². The summed E-state index contributed by atoms with van der Waals surface area (Å²) in [6, 6.07) is 9.82. The van der Waals surface area contributed by atoms with Gasteiger partial charge in [-0.05, 0) is 30.0 Å². The number of aromatic nitrogens is 1. The Bertz CT molecular complexity index is 560. The summed E-state index contributed by atoms with van der Waals surface area (Å²) in [6.07, 6.45) is 2.36. The van der Waals surface area contributed by atoms with Gasteiger partial charge in [-0.3, -0.25) is 4.79 Å². The van der Waals surface area contributed by atoms with Gasteiger partial charge in [-0.25, -0.2) is 4.98 Å². The highest BCUT2D eigenvalue weighted by Crippen LogP contribution is 2.45. The van der Waals surface area contributed by atoms with E-state index in [1.54, 1.807) is 11.3 Å². The molecule has 0 amide bonds. The van der Waals surface area contributed by atoms with Gasteiger partial charge in [0.15, 0.2) is 0 Å². The van der Waals surface area contributed by atoms with Crippen molar-refractivity contribution < 1.29 is 4.79 Å². The Balaban J connectivity index is 2.10. The third kappa shape index (κ3) is 2.13. The molecule has 1 fully saturated rings. The average Bonchev–Trinajstić information content (AvgIpc) is 3.09. The van der Waals surface area contributed by atoms with Crippen molar-refractivity contribution in [2.24, 2.45) is 0 Å². The third-order valence-electron chi connectivity index (χ3n) is 2.79. The van der Waals surface area contributed by atoms with Crippen molar-refractivity contribution in [3.8, 4) is 10.4 Å². The predicted molar refractivity (Wildman–Crippen MR) is 69.7 cm³/mol. The first kappa shape index (κ1) is 10.9. The first-order chi connectivity index (χ1) is 8.25. The van der Waals surface area contributed by atoms with E-state index in [1.807, 2.05) is 30.3 Å². The normalized spacial score (nSPS) is 14.9. The maximum Gasteiger partial charge on any atom is 0.272 e. The molecule has 1 aliphatic rings. The summed E-state index contributed by atoms with van der Waals surface area (Å²) in [5.41, 5.74) is 1.42. The summed E-state index contributed by atoms with van der Waals surface area (Å²) in [6.45, 7) is 0. The zero-order valence-corrected chi connectivity index (χ0v) is 10.6. The lowest BCUT2D eigenvalue weighted by Crippen LogP contribution is -1.92. The van der Waals surface area contributed by atoms with Crippen molar-refractivity contribution in [3.05, 3.63) is 41.0 Å². The molecule has 3 rings (SSSR count). The van der Waals surface area contributed by atoms with Gasteiger partial charge in [-0.15, -0.1) is 11.3 Å². The first-order valence-electron chi connectivity index (χ1n) is 5.51. The molecule has 0 aliphatic heterocycles. The molecule has 1 saturated carbocycles. The number of halogens is 1.